The Bertz CT molecular complexity index is 2520. The number of fused-ring (bicyclic) bond motifs is 1. The van der Waals surface area contributed by atoms with Crippen molar-refractivity contribution in [1.82, 2.24) is 28.7 Å². The number of thioether (sulfide) groups is 1. The number of carbonyl (C=O) groups excluding carboxylic acids is 4. The molecule has 2 aromatic carbocycles. The summed E-state index contributed by atoms with van der Waals surface area (Å²) in [5.74, 6) is -0.408. The fraction of sp³-hybridized carbons (Fsp3) is 0.409. The number of hydrogen-bond donors (Lipinski definition) is 4. The molecule has 2 aromatic heterocycles. The maximum absolute atomic E-state index is 13.8. The summed E-state index contributed by atoms with van der Waals surface area (Å²) in [6, 6.07) is 15.7. The molecule has 4 amide bonds. The topological polar surface area (TPSA) is 229 Å². The summed E-state index contributed by atoms with van der Waals surface area (Å²) in [6.07, 6.45) is 2.81. The lowest BCUT2D eigenvalue weighted by Gasteiger charge is -2.40. The summed E-state index contributed by atoms with van der Waals surface area (Å²) < 4.78 is 9.56. The number of aromatic nitrogens is 2. The van der Waals surface area contributed by atoms with Crippen molar-refractivity contribution in [1.29, 1.82) is 10.5 Å². The van der Waals surface area contributed by atoms with E-state index in [1.54, 1.807) is 33.4 Å². The molecule has 0 aliphatic carbocycles. The number of Topliss-reactive ketones (excluding diaryl/α,β-unsaturated/α-hetero) is 2. The van der Waals surface area contributed by atoms with E-state index in [0.29, 0.717) is 34.9 Å². The zero-order valence-electron chi connectivity index (χ0n) is 35.2. The van der Waals surface area contributed by atoms with Crippen LogP contribution in [0, 0.1) is 28.6 Å². The number of nitriles is 2. The van der Waals surface area contributed by atoms with Gasteiger partial charge in [-0.05, 0) is 73.5 Å². The van der Waals surface area contributed by atoms with Crippen LogP contribution in [0.5, 0.6) is 5.75 Å². The van der Waals surface area contributed by atoms with Gasteiger partial charge in [-0.1, -0.05) is 32.4 Å². The van der Waals surface area contributed by atoms with E-state index >= 15 is 0 Å². The SMILES string of the molecule is CCC(C)COc1ccc(-c2c3/c(=C(/C#N)C(C)=O)n(C4CN(CO)C(=O)N(CO)C4)c(-c4ccc(SC)cc4)c3/c(=C(/C#N)C(C)=O)n2C2CN(CO)C(=O)N(CO)C2)cc1. The molecule has 4 aromatic rings. The average molecular weight is 867 g/mol. The van der Waals surface area contributed by atoms with E-state index in [4.69, 9.17) is 4.74 Å². The molecule has 0 bridgehead atoms. The second-order valence-corrected chi connectivity index (χ2v) is 16.3. The van der Waals surface area contributed by atoms with Crippen LogP contribution in [0.25, 0.3) is 44.4 Å². The van der Waals surface area contributed by atoms with Gasteiger partial charge in [0.1, 0.15) is 56.0 Å². The number of hydrogen-bond acceptors (Lipinski definition) is 12. The molecule has 62 heavy (non-hydrogen) atoms. The first-order valence-electron chi connectivity index (χ1n) is 20.1. The zero-order chi connectivity index (χ0) is 45.0. The molecular formula is C44H50N8O9S. The van der Waals surface area contributed by atoms with E-state index in [1.165, 1.54) is 25.6 Å². The van der Waals surface area contributed by atoms with Crippen LogP contribution in [0.2, 0.25) is 0 Å². The third kappa shape index (κ3) is 8.27. The van der Waals surface area contributed by atoms with Crippen molar-refractivity contribution in [2.75, 3.05) is 66.0 Å². The van der Waals surface area contributed by atoms with Gasteiger partial charge >= 0.3 is 12.1 Å². The van der Waals surface area contributed by atoms with E-state index < -0.39 is 62.6 Å². The van der Waals surface area contributed by atoms with Crippen molar-refractivity contribution in [2.45, 2.75) is 51.1 Å². The standard InChI is InChI=1S/C44H50N8O9S/c1-6-26(2)21-61-33-11-7-29(8-12-33)39-37-38(42(36(16-46)28(4)58)51(39)31-17-47(22-53)43(59)48(18-31)23-54)40(30-9-13-34(62-5)14-10-30)52(41(37)35(15-45)27(3)57)32-19-49(24-55)44(60)50(20-32)25-56/h7-14,26,31-32,53-56H,6,17-25H2,1-5H3/b41-35+,42-36+. The summed E-state index contributed by atoms with van der Waals surface area (Å²) in [5.41, 5.74) is 1.14. The summed E-state index contributed by atoms with van der Waals surface area (Å²) in [7, 11) is 0. The Hall–Kier alpha value is -6.15. The number of amides is 4. The van der Waals surface area contributed by atoms with Crippen molar-refractivity contribution in [3.63, 3.8) is 0 Å². The van der Waals surface area contributed by atoms with Crippen molar-refractivity contribution < 1.29 is 44.3 Å². The third-order valence-corrected chi connectivity index (χ3v) is 12.2. The first-order valence-corrected chi connectivity index (χ1v) is 21.3. The average Bonchev–Trinajstić information content (AvgIpc) is 3.79. The predicted octanol–water partition coefficient (Wildman–Crippen LogP) is 2.81. The molecule has 0 radical (unpaired) electrons. The van der Waals surface area contributed by atoms with Gasteiger partial charge in [-0.25, -0.2) is 9.59 Å². The first-order chi connectivity index (χ1) is 29.8. The van der Waals surface area contributed by atoms with Crippen LogP contribution < -0.4 is 15.4 Å². The molecule has 2 aliphatic heterocycles. The van der Waals surface area contributed by atoms with Gasteiger partial charge < -0.3 is 34.3 Å². The Kier molecular flexibility index (Phi) is 14.1. The highest BCUT2D eigenvalue weighted by Crippen LogP contribution is 2.40. The van der Waals surface area contributed by atoms with Crippen molar-refractivity contribution in [3.8, 4) is 40.4 Å². The second-order valence-electron chi connectivity index (χ2n) is 15.4. The molecule has 17 nitrogen and oxygen atoms in total. The Balaban J connectivity index is 1.93. The summed E-state index contributed by atoms with van der Waals surface area (Å²) in [6.45, 7) is 3.69. The molecule has 1 atom stereocenters. The molecule has 0 saturated carbocycles. The van der Waals surface area contributed by atoms with Crippen LogP contribution in [-0.4, -0.2) is 139 Å². The maximum Gasteiger partial charge on any atom is 0.323 e. The van der Waals surface area contributed by atoms with E-state index in [0.717, 1.165) is 30.9 Å². The maximum atomic E-state index is 13.8. The van der Waals surface area contributed by atoms with Crippen LogP contribution in [0.1, 0.15) is 46.2 Å². The van der Waals surface area contributed by atoms with E-state index in [1.807, 2.05) is 30.5 Å². The smallest absolute Gasteiger partial charge is 0.323 e. The van der Waals surface area contributed by atoms with Gasteiger partial charge in [-0.3, -0.25) is 29.2 Å². The molecule has 6 rings (SSSR count). The minimum atomic E-state index is -0.855. The summed E-state index contributed by atoms with van der Waals surface area (Å²) >= 11 is 1.49. The predicted molar refractivity (Wildman–Crippen MR) is 230 cm³/mol. The van der Waals surface area contributed by atoms with Gasteiger partial charge in [-0.15, -0.1) is 11.8 Å². The second kappa shape index (κ2) is 19.3. The van der Waals surface area contributed by atoms with Crippen molar-refractivity contribution >= 4 is 57.3 Å². The molecule has 0 spiro atoms. The minimum Gasteiger partial charge on any atom is -0.493 e. The van der Waals surface area contributed by atoms with Gasteiger partial charge in [0.2, 0.25) is 0 Å². The number of benzene rings is 2. The van der Waals surface area contributed by atoms with Crippen LogP contribution in [0.4, 0.5) is 9.59 Å². The zero-order valence-corrected chi connectivity index (χ0v) is 36.1. The number of ether oxygens (including phenoxy) is 1. The van der Waals surface area contributed by atoms with Gasteiger partial charge in [0.15, 0.2) is 11.6 Å². The van der Waals surface area contributed by atoms with Gasteiger partial charge in [0, 0.05) is 41.8 Å². The van der Waals surface area contributed by atoms with E-state index in [9.17, 15) is 50.1 Å². The van der Waals surface area contributed by atoms with Crippen molar-refractivity contribution in [2.24, 2.45) is 5.92 Å². The molecule has 4 N–H and O–H groups in total. The number of nitrogens with zero attached hydrogens (tertiary/aromatic N) is 8. The molecular weight excluding hydrogens is 817 g/mol. The molecule has 1 unspecified atom stereocenters. The lowest BCUT2D eigenvalue weighted by molar-refractivity contribution is -0.112. The van der Waals surface area contributed by atoms with Crippen molar-refractivity contribution in [3.05, 3.63) is 59.2 Å². The van der Waals surface area contributed by atoms with Crippen LogP contribution in [0.15, 0.2) is 53.4 Å². The first kappa shape index (κ1) is 45.4. The highest BCUT2D eigenvalue weighted by molar-refractivity contribution is 7.98. The molecule has 2 fully saturated rings. The highest BCUT2D eigenvalue weighted by atomic mass is 32.2. The Morgan fingerprint density at radius 1 is 0.710 bits per heavy atom. The number of aliphatic hydroxyl groups is 4. The number of ketones is 2. The fourth-order valence-electron chi connectivity index (χ4n) is 8.25. The molecule has 2 aliphatic rings. The monoisotopic (exact) mass is 866 g/mol. The van der Waals surface area contributed by atoms with Gasteiger partial charge in [0.25, 0.3) is 0 Å². The number of urea groups is 2. The molecule has 18 heteroatoms. The van der Waals surface area contributed by atoms with Crippen LogP contribution in [-0.2, 0) is 9.59 Å². The third-order valence-electron chi connectivity index (χ3n) is 11.5. The Labute approximate surface area is 362 Å². The Morgan fingerprint density at radius 3 is 1.39 bits per heavy atom. The normalized spacial score (nSPS) is 16.7. The largest absolute Gasteiger partial charge is 0.493 e. The van der Waals surface area contributed by atoms with Gasteiger partial charge in [-0.2, -0.15) is 10.5 Å². The molecule has 4 heterocycles. The number of carbonyl (C=O) groups is 4. The fourth-order valence-corrected chi connectivity index (χ4v) is 8.66. The number of rotatable bonds is 15. The lowest BCUT2D eigenvalue weighted by atomic mass is 10.0. The van der Waals surface area contributed by atoms with Crippen LogP contribution >= 0.6 is 11.8 Å². The van der Waals surface area contributed by atoms with E-state index in [2.05, 4.69) is 26.0 Å². The Morgan fingerprint density at radius 2 is 1.08 bits per heavy atom. The summed E-state index contributed by atoms with van der Waals surface area (Å²) in [4.78, 5) is 59.7. The molecule has 326 valence electrons. The quantitative estimate of drug-likeness (QED) is 0.127. The highest BCUT2D eigenvalue weighted by Gasteiger charge is 2.40. The van der Waals surface area contributed by atoms with Crippen LogP contribution in [0.3, 0.4) is 0 Å². The molecule has 2 saturated heterocycles. The van der Waals surface area contributed by atoms with Gasteiger partial charge in [0.05, 0.1) is 40.8 Å². The summed E-state index contributed by atoms with van der Waals surface area (Å²) in [5, 5.41) is 64.3. The number of aliphatic hydroxyl groups excluding tert-OH is 4. The lowest BCUT2D eigenvalue weighted by Crippen LogP contribution is -2.55. The minimum absolute atomic E-state index is 0.0897. The van der Waals surface area contributed by atoms with E-state index in [-0.39, 0.29) is 64.7 Å².